The molecule has 2 bridgehead atoms. The second kappa shape index (κ2) is 10.5. The van der Waals surface area contributed by atoms with Crippen molar-refractivity contribution in [3.05, 3.63) is 18.0 Å². The van der Waals surface area contributed by atoms with E-state index in [0.29, 0.717) is 36.6 Å². The van der Waals surface area contributed by atoms with Crippen molar-refractivity contribution in [2.45, 2.75) is 77.3 Å². The van der Waals surface area contributed by atoms with Crippen molar-refractivity contribution < 1.29 is 4.79 Å². The maximum atomic E-state index is 11.5. The monoisotopic (exact) mass is 401 g/mol. The molecule has 3 saturated heterocycles. The van der Waals surface area contributed by atoms with E-state index in [2.05, 4.69) is 34.1 Å². The van der Waals surface area contributed by atoms with Gasteiger partial charge < -0.3 is 14.7 Å². The Bertz CT molecular complexity index is 627. The van der Waals surface area contributed by atoms with Crippen molar-refractivity contribution in [3.63, 3.8) is 0 Å². The van der Waals surface area contributed by atoms with Gasteiger partial charge in [-0.25, -0.2) is 9.97 Å². The summed E-state index contributed by atoms with van der Waals surface area (Å²) in [7, 11) is 2.22. The molecule has 0 saturated carbocycles. The first-order valence-corrected chi connectivity index (χ1v) is 11.7. The summed E-state index contributed by atoms with van der Waals surface area (Å²) in [5.41, 5.74) is 1.28. The molecular formula is C23H39N5O. The van der Waals surface area contributed by atoms with Crippen LogP contribution in [0.4, 0.5) is 5.95 Å². The second-order valence-electron chi connectivity index (χ2n) is 8.59. The Morgan fingerprint density at radius 1 is 1.03 bits per heavy atom. The van der Waals surface area contributed by atoms with Crippen molar-refractivity contribution in [1.82, 2.24) is 19.8 Å². The molecule has 3 fully saturated rings. The summed E-state index contributed by atoms with van der Waals surface area (Å²) in [4.78, 5) is 28.4. The molecule has 2 unspecified atom stereocenters. The zero-order valence-corrected chi connectivity index (χ0v) is 18.8. The van der Waals surface area contributed by atoms with Gasteiger partial charge in [-0.05, 0) is 57.3 Å². The van der Waals surface area contributed by atoms with Crippen LogP contribution in [-0.4, -0.2) is 77.4 Å². The maximum absolute atomic E-state index is 11.5. The van der Waals surface area contributed by atoms with Gasteiger partial charge in [0.15, 0.2) is 0 Å². The molecule has 0 N–H and O–H groups in total. The Morgan fingerprint density at radius 3 is 2.17 bits per heavy atom. The third-order valence-corrected chi connectivity index (χ3v) is 6.71. The summed E-state index contributed by atoms with van der Waals surface area (Å²) in [5, 5.41) is 0. The number of ketones is 1. The van der Waals surface area contributed by atoms with Crippen molar-refractivity contribution >= 4 is 11.7 Å². The van der Waals surface area contributed by atoms with Crippen molar-refractivity contribution in [1.29, 1.82) is 0 Å². The fourth-order valence-electron chi connectivity index (χ4n) is 5.07. The van der Waals surface area contributed by atoms with E-state index >= 15 is 0 Å². The van der Waals surface area contributed by atoms with Crippen LogP contribution in [0, 0.1) is 0 Å². The van der Waals surface area contributed by atoms with Gasteiger partial charge in [-0.2, -0.15) is 0 Å². The number of carbonyl (C=O) groups is 1. The smallest absolute Gasteiger partial charge is 0.225 e. The molecule has 0 spiro atoms. The van der Waals surface area contributed by atoms with Crippen molar-refractivity contribution in [3.8, 4) is 0 Å². The van der Waals surface area contributed by atoms with Crippen LogP contribution in [0.15, 0.2) is 12.4 Å². The molecular weight excluding hydrogens is 362 g/mol. The molecule has 4 heterocycles. The van der Waals surface area contributed by atoms with Crippen LogP contribution in [0.1, 0.15) is 70.8 Å². The fraction of sp³-hybridized carbons (Fsp3) is 0.783. The summed E-state index contributed by atoms with van der Waals surface area (Å²) >= 11 is 0. The first-order chi connectivity index (χ1) is 14.1. The highest BCUT2D eigenvalue weighted by Gasteiger charge is 2.40. The quantitative estimate of drug-likeness (QED) is 0.729. The topological polar surface area (TPSA) is 52.6 Å². The van der Waals surface area contributed by atoms with Gasteiger partial charge in [-0.1, -0.05) is 20.8 Å². The third kappa shape index (κ3) is 5.34. The predicted molar refractivity (Wildman–Crippen MR) is 118 cm³/mol. The lowest BCUT2D eigenvalue weighted by atomic mass is 9.91. The average Bonchev–Trinajstić information content (AvgIpc) is 3.04. The van der Waals surface area contributed by atoms with Gasteiger partial charge in [0.25, 0.3) is 0 Å². The minimum atomic E-state index is 0.374. The van der Waals surface area contributed by atoms with Crippen LogP contribution in [0.25, 0.3) is 0 Å². The van der Waals surface area contributed by atoms with E-state index in [9.17, 15) is 4.79 Å². The minimum absolute atomic E-state index is 0.374. The number of likely N-dealkylation sites (tertiary alicyclic amines) is 2. The van der Waals surface area contributed by atoms with Gasteiger partial charge in [0, 0.05) is 57.0 Å². The number of likely N-dealkylation sites (N-methyl/N-ethyl adjacent to an activating group) is 1. The lowest BCUT2D eigenvalue weighted by molar-refractivity contribution is -0.119. The van der Waals surface area contributed by atoms with E-state index in [1.54, 1.807) is 0 Å². The van der Waals surface area contributed by atoms with Gasteiger partial charge in [0.1, 0.15) is 5.78 Å². The van der Waals surface area contributed by atoms with Crippen LogP contribution < -0.4 is 4.90 Å². The highest BCUT2D eigenvalue weighted by atomic mass is 16.1. The van der Waals surface area contributed by atoms with Crippen LogP contribution >= 0.6 is 0 Å². The van der Waals surface area contributed by atoms with E-state index in [1.807, 2.05) is 20.8 Å². The molecule has 0 aromatic carbocycles. The molecule has 2 atom stereocenters. The van der Waals surface area contributed by atoms with Crippen LogP contribution in [0.2, 0.25) is 0 Å². The van der Waals surface area contributed by atoms with E-state index in [1.165, 1.54) is 18.4 Å². The number of piperazine rings is 1. The second-order valence-corrected chi connectivity index (χ2v) is 8.59. The minimum Gasteiger partial charge on any atom is -0.332 e. The lowest BCUT2D eigenvalue weighted by Crippen LogP contribution is -2.53. The Labute approximate surface area is 176 Å². The maximum Gasteiger partial charge on any atom is 0.225 e. The first kappa shape index (κ1) is 22.2. The van der Waals surface area contributed by atoms with Crippen LogP contribution in [-0.2, 0) is 4.79 Å². The standard InChI is InChI=1S/C21H33N5O.C2H6/c1-3-20(27)8-11-25-9-6-16(7-10-25)17-12-22-21(23-13-17)26-18-4-5-19(26)15-24(2)14-18;1-2/h12-13,16,18-19H,3-11,14-15H2,1-2H3;1-2H3. The van der Waals surface area contributed by atoms with E-state index in [4.69, 9.17) is 9.97 Å². The number of hydrogen-bond donors (Lipinski definition) is 0. The molecule has 0 radical (unpaired) electrons. The summed E-state index contributed by atoms with van der Waals surface area (Å²) in [6, 6.07) is 1.15. The number of nitrogens with zero attached hydrogens (tertiary/aromatic N) is 5. The number of Topliss-reactive ketones (excluding diaryl/α,β-unsaturated/α-hetero) is 1. The molecule has 6 heteroatoms. The van der Waals surface area contributed by atoms with Gasteiger partial charge in [0.2, 0.25) is 5.95 Å². The lowest BCUT2D eigenvalue weighted by Gasteiger charge is -2.39. The van der Waals surface area contributed by atoms with Gasteiger partial charge in [0.05, 0.1) is 0 Å². The Morgan fingerprint density at radius 2 is 1.62 bits per heavy atom. The summed E-state index contributed by atoms with van der Waals surface area (Å²) in [5.74, 6) is 1.86. The number of piperidine rings is 1. The Kier molecular flexibility index (Phi) is 8.01. The largest absolute Gasteiger partial charge is 0.332 e. The first-order valence-electron chi connectivity index (χ1n) is 11.7. The van der Waals surface area contributed by atoms with E-state index in [-0.39, 0.29) is 0 Å². The third-order valence-electron chi connectivity index (χ3n) is 6.71. The molecule has 1 aromatic rings. The van der Waals surface area contributed by atoms with Crippen LogP contribution in [0.5, 0.6) is 0 Å². The number of anilines is 1. The molecule has 6 nitrogen and oxygen atoms in total. The Balaban J connectivity index is 0.00000117. The molecule has 4 rings (SSSR count). The number of rotatable bonds is 6. The molecule has 1 aromatic heterocycles. The molecule has 0 amide bonds. The summed E-state index contributed by atoms with van der Waals surface area (Å²) < 4.78 is 0. The average molecular weight is 402 g/mol. The number of carbonyl (C=O) groups excluding carboxylic acids is 1. The van der Waals surface area contributed by atoms with Crippen LogP contribution in [0.3, 0.4) is 0 Å². The van der Waals surface area contributed by atoms with Crippen molar-refractivity contribution in [2.24, 2.45) is 0 Å². The molecule has 3 aliphatic rings. The van der Waals surface area contributed by atoms with Gasteiger partial charge in [-0.15, -0.1) is 0 Å². The molecule has 0 aliphatic carbocycles. The molecule has 3 aliphatic heterocycles. The highest BCUT2D eigenvalue weighted by molar-refractivity contribution is 5.78. The summed E-state index contributed by atoms with van der Waals surface area (Å²) in [6.45, 7) is 11.3. The fourth-order valence-corrected chi connectivity index (χ4v) is 5.07. The molecule has 162 valence electrons. The van der Waals surface area contributed by atoms with Gasteiger partial charge >= 0.3 is 0 Å². The SMILES string of the molecule is CC.CCC(=O)CCN1CCC(c2cnc(N3C4CCC3CN(C)C4)nc2)CC1. The summed E-state index contributed by atoms with van der Waals surface area (Å²) in [6.07, 6.45) is 10.3. The molecule has 29 heavy (non-hydrogen) atoms. The Hall–Kier alpha value is -1.53. The number of fused-ring (bicyclic) bond motifs is 2. The van der Waals surface area contributed by atoms with E-state index < -0.39 is 0 Å². The predicted octanol–water partition coefficient (Wildman–Crippen LogP) is 3.33. The van der Waals surface area contributed by atoms with Gasteiger partial charge in [-0.3, -0.25) is 4.79 Å². The number of hydrogen-bond acceptors (Lipinski definition) is 6. The number of aromatic nitrogens is 2. The highest BCUT2D eigenvalue weighted by Crippen LogP contribution is 2.33. The normalized spacial score (nSPS) is 25.6. The van der Waals surface area contributed by atoms with Crippen molar-refractivity contribution in [2.75, 3.05) is 44.7 Å². The zero-order valence-electron chi connectivity index (χ0n) is 18.8. The zero-order chi connectivity index (χ0) is 20.8. The van der Waals surface area contributed by atoms with E-state index in [0.717, 1.165) is 51.5 Å².